The topological polar surface area (TPSA) is 98.8 Å². The van der Waals surface area contributed by atoms with Crippen molar-refractivity contribution in [2.45, 2.75) is 4.21 Å². The van der Waals surface area contributed by atoms with Crippen molar-refractivity contribution < 1.29 is 18.0 Å². The molecule has 0 radical (unpaired) electrons. The van der Waals surface area contributed by atoms with Gasteiger partial charge in [-0.25, -0.2) is 13.2 Å². The molecule has 0 aliphatic carbocycles. The Balaban J connectivity index is 1.60. The lowest BCUT2D eigenvalue weighted by atomic mass is 10.2. The van der Waals surface area contributed by atoms with E-state index in [0.717, 1.165) is 21.3 Å². The van der Waals surface area contributed by atoms with Gasteiger partial charge in [-0.3, -0.25) is 9.69 Å². The van der Waals surface area contributed by atoms with E-state index in [9.17, 15) is 18.0 Å². The molecule has 1 aliphatic rings. The van der Waals surface area contributed by atoms with Crippen molar-refractivity contribution in [3.8, 4) is 0 Å². The average Bonchev–Trinajstić information content (AvgIpc) is 3.27. The third kappa shape index (κ3) is 3.87. The van der Waals surface area contributed by atoms with Gasteiger partial charge in [-0.15, -0.1) is 11.3 Å². The Morgan fingerprint density at radius 3 is 2.62 bits per heavy atom. The SMILES string of the molecule is CN(CC(=O)Nc1ccc(N2CCNC2=O)cc1)S(=O)(=O)c1cccs1. The van der Waals surface area contributed by atoms with E-state index in [1.165, 1.54) is 13.1 Å². The van der Waals surface area contributed by atoms with Gasteiger partial charge in [-0.05, 0) is 35.7 Å². The van der Waals surface area contributed by atoms with Gasteiger partial charge in [-0.1, -0.05) is 6.07 Å². The molecule has 1 saturated heterocycles. The molecule has 3 amide bonds. The van der Waals surface area contributed by atoms with Crippen LogP contribution in [0.3, 0.4) is 0 Å². The number of thiophene rings is 1. The Morgan fingerprint density at radius 2 is 2.04 bits per heavy atom. The summed E-state index contributed by atoms with van der Waals surface area (Å²) in [6.07, 6.45) is 0. The second-order valence-corrected chi connectivity index (χ2v) is 8.89. The number of anilines is 2. The summed E-state index contributed by atoms with van der Waals surface area (Å²) in [6.45, 7) is 0.898. The number of benzene rings is 1. The fourth-order valence-electron chi connectivity index (χ4n) is 2.49. The number of hydrogen-bond acceptors (Lipinski definition) is 5. The molecule has 2 N–H and O–H groups in total. The Kier molecular flexibility index (Phi) is 5.25. The van der Waals surface area contributed by atoms with Crippen molar-refractivity contribution in [1.82, 2.24) is 9.62 Å². The molecule has 0 bridgehead atoms. The number of rotatable bonds is 6. The van der Waals surface area contributed by atoms with Crippen LogP contribution in [0.5, 0.6) is 0 Å². The van der Waals surface area contributed by atoms with Crippen molar-refractivity contribution in [3.63, 3.8) is 0 Å². The van der Waals surface area contributed by atoms with Gasteiger partial charge >= 0.3 is 6.03 Å². The maximum Gasteiger partial charge on any atom is 0.321 e. The molecule has 1 aliphatic heterocycles. The smallest absolute Gasteiger partial charge is 0.321 e. The fraction of sp³-hybridized carbons (Fsp3) is 0.250. The highest BCUT2D eigenvalue weighted by Crippen LogP contribution is 2.21. The number of nitrogens with zero attached hydrogens (tertiary/aromatic N) is 2. The number of likely N-dealkylation sites (N-methyl/N-ethyl adjacent to an activating group) is 1. The lowest BCUT2D eigenvalue weighted by molar-refractivity contribution is -0.116. The number of carbonyl (C=O) groups is 2. The zero-order chi connectivity index (χ0) is 18.7. The Labute approximate surface area is 155 Å². The zero-order valence-corrected chi connectivity index (χ0v) is 15.6. The second-order valence-electron chi connectivity index (χ2n) is 5.67. The molecule has 0 atom stereocenters. The summed E-state index contributed by atoms with van der Waals surface area (Å²) in [5.41, 5.74) is 1.26. The molecule has 8 nitrogen and oxygen atoms in total. The van der Waals surface area contributed by atoms with Gasteiger partial charge in [0.2, 0.25) is 5.91 Å². The lowest BCUT2D eigenvalue weighted by Gasteiger charge is -2.17. The molecule has 10 heteroatoms. The Morgan fingerprint density at radius 1 is 1.31 bits per heavy atom. The average molecular weight is 394 g/mol. The quantitative estimate of drug-likeness (QED) is 0.776. The van der Waals surface area contributed by atoms with Crippen molar-refractivity contribution in [3.05, 3.63) is 41.8 Å². The third-order valence-electron chi connectivity index (χ3n) is 3.85. The van der Waals surface area contributed by atoms with E-state index in [0.29, 0.717) is 18.8 Å². The maximum atomic E-state index is 12.3. The summed E-state index contributed by atoms with van der Waals surface area (Å²) >= 11 is 1.10. The zero-order valence-electron chi connectivity index (χ0n) is 14.0. The molecule has 2 heterocycles. The van der Waals surface area contributed by atoms with Crippen LogP contribution in [-0.2, 0) is 14.8 Å². The highest BCUT2D eigenvalue weighted by molar-refractivity contribution is 7.91. The number of amides is 3. The van der Waals surface area contributed by atoms with Gasteiger partial charge in [0.1, 0.15) is 4.21 Å². The summed E-state index contributed by atoms with van der Waals surface area (Å²) in [6, 6.07) is 9.80. The normalized spacial score (nSPS) is 14.5. The van der Waals surface area contributed by atoms with Crippen LogP contribution in [0.4, 0.5) is 16.2 Å². The largest absolute Gasteiger partial charge is 0.336 e. The molecule has 2 aromatic rings. The first-order valence-corrected chi connectivity index (χ1v) is 10.1. The first kappa shape index (κ1) is 18.4. The molecule has 0 spiro atoms. The Bertz CT molecular complexity index is 895. The molecule has 0 unspecified atom stereocenters. The lowest BCUT2D eigenvalue weighted by Crippen LogP contribution is -2.34. The predicted octanol–water partition coefficient (Wildman–Crippen LogP) is 1.54. The number of sulfonamides is 1. The number of hydrogen-bond donors (Lipinski definition) is 2. The molecular formula is C16H18N4O4S2. The van der Waals surface area contributed by atoms with Gasteiger partial charge in [0, 0.05) is 31.5 Å². The van der Waals surface area contributed by atoms with E-state index >= 15 is 0 Å². The van der Waals surface area contributed by atoms with Crippen LogP contribution in [0.2, 0.25) is 0 Å². The van der Waals surface area contributed by atoms with Crippen LogP contribution in [0.15, 0.2) is 46.0 Å². The van der Waals surface area contributed by atoms with Gasteiger partial charge < -0.3 is 10.6 Å². The van der Waals surface area contributed by atoms with Crippen LogP contribution >= 0.6 is 11.3 Å². The standard InChI is InChI=1S/C16H18N4O4S2/c1-19(26(23,24)15-3-2-10-25-15)11-14(21)18-12-4-6-13(7-5-12)20-9-8-17-16(20)22/h2-7,10H,8-9,11H2,1H3,(H,17,22)(H,18,21). The maximum absolute atomic E-state index is 12.3. The molecule has 0 saturated carbocycles. The van der Waals surface area contributed by atoms with Crippen LogP contribution < -0.4 is 15.5 Å². The summed E-state index contributed by atoms with van der Waals surface area (Å²) in [5.74, 6) is -0.445. The van der Waals surface area contributed by atoms with Gasteiger partial charge in [-0.2, -0.15) is 4.31 Å². The van der Waals surface area contributed by atoms with Crippen LogP contribution in [0, 0.1) is 0 Å². The van der Waals surface area contributed by atoms with Gasteiger partial charge in [0.05, 0.1) is 6.54 Å². The van der Waals surface area contributed by atoms with Gasteiger partial charge in [0.25, 0.3) is 10.0 Å². The van der Waals surface area contributed by atoms with E-state index in [-0.39, 0.29) is 16.8 Å². The molecule has 138 valence electrons. The summed E-state index contributed by atoms with van der Waals surface area (Å²) < 4.78 is 25.8. The van der Waals surface area contributed by atoms with Crippen molar-refractivity contribution in [2.24, 2.45) is 0 Å². The van der Waals surface area contributed by atoms with E-state index in [1.807, 2.05) is 0 Å². The highest BCUT2D eigenvalue weighted by atomic mass is 32.2. The van der Waals surface area contributed by atoms with Crippen LogP contribution in [0.25, 0.3) is 0 Å². The fourth-order valence-corrected chi connectivity index (χ4v) is 4.82. The van der Waals surface area contributed by atoms with Crippen molar-refractivity contribution in [1.29, 1.82) is 0 Å². The molecule has 3 rings (SSSR count). The van der Waals surface area contributed by atoms with E-state index in [4.69, 9.17) is 0 Å². The number of carbonyl (C=O) groups excluding carboxylic acids is 2. The number of urea groups is 1. The molecule has 1 fully saturated rings. The predicted molar refractivity (Wildman–Crippen MR) is 100.0 cm³/mol. The first-order valence-electron chi connectivity index (χ1n) is 7.83. The van der Waals surface area contributed by atoms with E-state index in [1.54, 1.807) is 40.6 Å². The monoisotopic (exact) mass is 394 g/mol. The summed E-state index contributed by atoms with van der Waals surface area (Å²) in [7, 11) is -2.30. The van der Waals surface area contributed by atoms with Crippen molar-refractivity contribution >= 4 is 44.7 Å². The summed E-state index contributed by atoms with van der Waals surface area (Å²) in [5, 5.41) is 7.05. The van der Waals surface area contributed by atoms with Crippen molar-refractivity contribution in [2.75, 3.05) is 36.9 Å². The summed E-state index contributed by atoms with van der Waals surface area (Å²) in [4.78, 5) is 25.4. The van der Waals surface area contributed by atoms with Crippen LogP contribution in [-0.4, -0.2) is 51.3 Å². The second kappa shape index (κ2) is 7.44. The highest BCUT2D eigenvalue weighted by Gasteiger charge is 2.24. The molecule has 1 aromatic carbocycles. The Hall–Kier alpha value is -2.43. The van der Waals surface area contributed by atoms with Gasteiger partial charge in [0.15, 0.2) is 0 Å². The first-order chi connectivity index (χ1) is 12.4. The van der Waals surface area contributed by atoms with E-state index < -0.39 is 15.9 Å². The minimum absolute atomic E-state index is 0.151. The molecular weight excluding hydrogens is 376 g/mol. The molecule has 1 aromatic heterocycles. The molecule has 26 heavy (non-hydrogen) atoms. The number of nitrogens with one attached hydrogen (secondary N) is 2. The third-order valence-corrected chi connectivity index (χ3v) is 7.02. The van der Waals surface area contributed by atoms with Crippen LogP contribution in [0.1, 0.15) is 0 Å². The van der Waals surface area contributed by atoms with E-state index in [2.05, 4.69) is 10.6 Å². The minimum atomic E-state index is -3.67. The minimum Gasteiger partial charge on any atom is -0.336 e.